The molecular formula is C11H21N3OS. The van der Waals surface area contributed by atoms with Crippen LogP contribution >= 0.6 is 11.8 Å². The van der Waals surface area contributed by atoms with Gasteiger partial charge in [-0.1, -0.05) is 39.8 Å². The lowest BCUT2D eigenvalue weighted by molar-refractivity contribution is 0.323. The molecule has 0 aliphatic heterocycles. The fourth-order valence-corrected chi connectivity index (χ4v) is 1.71. The van der Waals surface area contributed by atoms with Gasteiger partial charge >= 0.3 is 0 Å². The summed E-state index contributed by atoms with van der Waals surface area (Å²) in [5.74, 6) is 2.34. The minimum atomic E-state index is -0.166. The van der Waals surface area contributed by atoms with E-state index >= 15 is 0 Å². The molecular weight excluding hydrogens is 222 g/mol. The van der Waals surface area contributed by atoms with Gasteiger partial charge in [0, 0.05) is 4.75 Å². The Hall–Kier alpha value is -0.550. The van der Waals surface area contributed by atoms with Crippen molar-refractivity contribution < 1.29 is 4.52 Å². The minimum Gasteiger partial charge on any atom is -0.338 e. The van der Waals surface area contributed by atoms with E-state index in [0.29, 0.717) is 11.8 Å². The summed E-state index contributed by atoms with van der Waals surface area (Å²) in [6, 6.07) is -0.166. The average molecular weight is 243 g/mol. The van der Waals surface area contributed by atoms with Crippen LogP contribution < -0.4 is 5.73 Å². The van der Waals surface area contributed by atoms with E-state index in [1.54, 1.807) is 11.8 Å². The fourth-order valence-electron chi connectivity index (χ4n) is 1.03. The van der Waals surface area contributed by atoms with E-state index in [9.17, 15) is 0 Å². The number of hydrogen-bond donors (Lipinski definition) is 1. The summed E-state index contributed by atoms with van der Waals surface area (Å²) in [7, 11) is 0. The second-order valence-electron chi connectivity index (χ2n) is 5.22. The summed E-state index contributed by atoms with van der Waals surface area (Å²) in [6.07, 6.45) is 0. The molecule has 5 heteroatoms. The maximum Gasteiger partial charge on any atom is 0.243 e. The minimum absolute atomic E-state index is 0.166. The van der Waals surface area contributed by atoms with Gasteiger partial charge in [0.25, 0.3) is 0 Å². The zero-order valence-electron chi connectivity index (χ0n) is 10.7. The van der Waals surface area contributed by atoms with Crippen molar-refractivity contribution in [1.82, 2.24) is 10.1 Å². The molecule has 0 amide bonds. The third-order valence-electron chi connectivity index (χ3n) is 2.12. The first-order valence-corrected chi connectivity index (χ1v) is 6.50. The van der Waals surface area contributed by atoms with Gasteiger partial charge in [0.1, 0.15) is 0 Å². The van der Waals surface area contributed by atoms with Crippen LogP contribution in [0, 0.1) is 5.92 Å². The van der Waals surface area contributed by atoms with Crippen molar-refractivity contribution in [3.8, 4) is 0 Å². The maximum absolute atomic E-state index is 5.93. The van der Waals surface area contributed by atoms with Gasteiger partial charge in [-0.3, -0.25) is 0 Å². The molecule has 0 spiro atoms. The SMILES string of the molecule is CC(C)[C@H](N)c1nc(CSC(C)(C)C)no1. The van der Waals surface area contributed by atoms with Gasteiger partial charge in [-0.05, 0) is 5.92 Å². The summed E-state index contributed by atoms with van der Waals surface area (Å²) < 4.78 is 5.36. The van der Waals surface area contributed by atoms with Crippen LogP contribution in [0.4, 0.5) is 0 Å². The Morgan fingerprint density at radius 3 is 2.50 bits per heavy atom. The van der Waals surface area contributed by atoms with Crippen LogP contribution in [0.2, 0.25) is 0 Å². The van der Waals surface area contributed by atoms with Gasteiger partial charge in [0.2, 0.25) is 5.89 Å². The van der Waals surface area contributed by atoms with Crippen molar-refractivity contribution in [1.29, 1.82) is 0 Å². The summed E-state index contributed by atoms with van der Waals surface area (Å²) in [4.78, 5) is 4.31. The monoisotopic (exact) mass is 243 g/mol. The lowest BCUT2D eigenvalue weighted by atomic mass is 10.1. The number of hydrogen-bond acceptors (Lipinski definition) is 5. The number of aromatic nitrogens is 2. The van der Waals surface area contributed by atoms with Gasteiger partial charge in [-0.15, -0.1) is 11.8 Å². The lowest BCUT2D eigenvalue weighted by Crippen LogP contribution is -2.17. The highest BCUT2D eigenvalue weighted by atomic mass is 32.2. The summed E-state index contributed by atoms with van der Waals surface area (Å²) >= 11 is 1.79. The topological polar surface area (TPSA) is 64.9 Å². The molecule has 0 fully saturated rings. The quantitative estimate of drug-likeness (QED) is 0.881. The molecule has 0 saturated heterocycles. The Morgan fingerprint density at radius 2 is 2.00 bits per heavy atom. The third-order valence-corrected chi connectivity index (χ3v) is 3.39. The van der Waals surface area contributed by atoms with Crippen LogP contribution in [0.25, 0.3) is 0 Å². The molecule has 92 valence electrons. The summed E-state index contributed by atoms with van der Waals surface area (Å²) in [6.45, 7) is 10.6. The molecule has 0 aromatic carbocycles. The predicted molar refractivity (Wildman–Crippen MR) is 67.1 cm³/mol. The van der Waals surface area contributed by atoms with Crippen LogP contribution in [-0.2, 0) is 5.75 Å². The highest BCUT2D eigenvalue weighted by Crippen LogP contribution is 2.26. The molecule has 1 rings (SSSR count). The second kappa shape index (κ2) is 5.19. The van der Waals surface area contributed by atoms with Gasteiger partial charge in [-0.25, -0.2) is 0 Å². The molecule has 0 saturated carbocycles. The van der Waals surface area contributed by atoms with E-state index in [4.69, 9.17) is 10.3 Å². The number of nitrogens with zero attached hydrogens (tertiary/aromatic N) is 2. The number of rotatable bonds is 4. The van der Waals surface area contributed by atoms with Crippen LogP contribution in [0.3, 0.4) is 0 Å². The van der Waals surface area contributed by atoms with Crippen LogP contribution in [0.15, 0.2) is 4.52 Å². The van der Waals surface area contributed by atoms with Crippen molar-refractivity contribution in [2.75, 3.05) is 0 Å². The first kappa shape index (κ1) is 13.5. The molecule has 1 aromatic heterocycles. The van der Waals surface area contributed by atoms with Crippen molar-refractivity contribution in [2.24, 2.45) is 11.7 Å². The number of nitrogens with two attached hydrogens (primary N) is 1. The van der Waals surface area contributed by atoms with Crippen molar-refractivity contribution in [2.45, 2.75) is 51.2 Å². The van der Waals surface area contributed by atoms with Crippen LogP contribution in [-0.4, -0.2) is 14.9 Å². The summed E-state index contributed by atoms with van der Waals surface area (Å²) in [5.41, 5.74) is 5.93. The van der Waals surface area contributed by atoms with Crippen molar-refractivity contribution in [3.63, 3.8) is 0 Å². The van der Waals surface area contributed by atoms with E-state index in [-0.39, 0.29) is 10.8 Å². The zero-order chi connectivity index (χ0) is 12.3. The third kappa shape index (κ3) is 4.14. The largest absolute Gasteiger partial charge is 0.338 e. The van der Waals surface area contributed by atoms with E-state index in [1.807, 2.05) is 13.8 Å². The Labute approximate surface area is 101 Å². The zero-order valence-corrected chi connectivity index (χ0v) is 11.5. The smallest absolute Gasteiger partial charge is 0.243 e. The molecule has 2 N–H and O–H groups in total. The number of thioether (sulfide) groups is 1. The Morgan fingerprint density at radius 1 is 1.38 bits per heavy atom. The average Bonchev–Trinajstić information content (AvgIpc) is 2.60. The summed E-state index contributed by atoms with van der Waals surface area (Å²) in [5, 5.41) is 3.94. The predicted octanol–water partition coefficient (Wildman–Crippen LogP) is 2.76. The molecule has 0 unspecified atom stereocenters. The van der Waals surface area contributed by atoms with Crippen molar-refractivity contribution in [3.05, 3.63) is 11.7 Å². The first-order valence-electron chi connectivity index (χ1n) is 5.51. The fraction of sp³-hybridized carbons (Fsp3) is 0.818. The van der Waals surface area contributed by atoms with E-state index in [2.05, 4.69) is 30.9 Å². The maximum atomic E-state index is 5.93. The highest BCUT2D eigenvalue weighted by Gasteiger charge is 2.19. The molecule has 1 aromatic rings. The van der Waals surface area contributed by atoms with E-state index in [0.717, 1.165) is 11.6 Å². The Bertz CT molecular complexity index is 330. The van der Waals surface area contributed by atoms with Gasteiger partial charge in [0.05, 0.1) is 11.8 Å². The highest BCUT2D eigenvalue weighted by molar-refractivity contribution is 7.99. The van der Waals surface area contributed by atoms with Gasteiger partial charge < -0.3 is 10.3 Å². The van der Waals surface area contributed by atoms with Crippen molar-refractivity contribution >= 4 is 11.8 Å². The second-order valence-corrected chi connectivity index (χ2v) is 7.02. The first-order chi connectivity index (χ1) is 7.29. The Balaban J connectivity index is 2.58. The molecule has 1 atom stereocenters. The molecule has 0 aliphatic rings. The lowest BCUT2D eigenvalue weighted by Gasteiger charge is -2.15. The molecule has 0 radical (unpaired) electrons. The van der Waals surface area contributed by atoms with Gasteiger partial charge in [0.15, 0.2) is 5.82 Å². The van der Waals surface area contributed by atoms with Crippen LogP contribution in [0.1, 0.15) is 52.4 Å². The van der Waals surface area contributed by atoms with E-state index in [1.165, 1.54) is 0 Å². The van der Waals surface area contributed by atoms with E-state index < -0.39 is 0 Å². The molecule has 16 heavy (non-hydrogen) atoms. The van der Waals surface area contributed by atoms with Gasteiger partial charge in [-0.2, -0.15) is 4.98 Å². The normalized spacial score (nSPS) is 14.4. The molecule has 0 bridgehead atoms. The molecule has 0 aliphatic carbocycles. The Kier molecular flexibility index (Phi) is 4.38. The molecule has 1 heterocycles. The standard InChI is InChI=1S/C11H21N3OS/c1-7(2)9(12)10-13-8(14-15-10)6-16-11(3,4)5/h7,9H,6,12H2,1-5H3/t9-/m0/s1. The molecule has 4 nitrogen and oxygen atoms in total. The van der Waals surface area contributed by atoms with Crippen LogP contribution in [0.5, 0.6) is 0 Å².